The Morgan fingerprint density at radius 1 is 1.03 bits per heavy atom. The Morgan fingerprint density at radius 2 is 1.70 bits per heavy atom. The Morgan fingerprint density at radius 3 is 2.37 bits per heavy atom. The van der Waals surface area contributed by atoms with E-state index in [4.69, 9.17) is 4.74 Å². The van der Waals surface area contributed by atoms with Crippen LogP contribution in [0.3, 0.4) is 0 Å². The number of nitrogens with one attached hydrogen (secondary N) is 1. The van der Waals surface area contributed by atoms with E-state index in [0.717, 1.165) is 5.56 Å². The van der Waals surface area contributed by atoms with Gasteiger partial charge >= 0.3 is 0 Å². The van der Waals surface area contributed by atoms with Gasteiger partial charge in [0.15, 0.2) is 0 Å². The summed E-state index contributed by atoms with van der Waals surface area (Å²) >= 11 is 0. The summed E-state index contributed by atoms with van der Waals surface area (Å²) in [4.78, 5) is 22.7. The summed E-state index contributed by atoms with van der Waals surface area (Å²) in [5.41, 5.74) is 1.85. The number of benzene rings is 3. The minimum absolute atomic E-state index is 0.00479. The van der Waals surface area contributed by atoms with Crippen molar-refractivity contribution in [3.8, 4) is 11.8 Å². The molecule has 1 N–H and O–H groups in total. The van der Waals surface area contributed by atoms with Crippen molar-refractivity contribution < 1.29 is 14.5 Å². The van der Waals surface area contributed by atoms with Gasteiger partial charge in [-0.1, -0.05) is 36.4 Å². The second-order valence-corrected chi connectivity index (χ2v) is 6.24. The van der Waals surface area contributed by atoms with Gasteiger partial charge in [0.05, 0.1) is 4.92 Å². The van der Waals surface area contributed by atoms with Crippen LogP contribution in [0, 0.1) is 21.4 Å². The SMILES string of the molecule is N#C/C(=C\c1ccccc1OCc1ccc([N+](=O)[O-])cc1)C(=O)Nc1ccccc1. The highest BCUT2D eigenvalue weighted by Crippen LogP contribution is 2.23. The summed E-state index contributed by atoms with van der Waals surface area (Å²) in [5, 5.41) is 22.9. The molecule has 30 heavy (non-hydrogen) atoms. The van der Waals surface area contributed by atoms with E-state index < -0.39 is 10.8 Å². The summed E-state index contributed by atoms with van der Waals surface area (Å²) in [5.74, 6) is -0.0371. The van der Waals surface area contributed by atoms with Crippen LogP contribution in [-0.4, -0.2) is 10.8 Å². The third kappa shape index (κ3) is 5.30. The van der Waals surface area contributed by atoms with Crippen LogP contribution in [0.5, 0.6) is 5.75 Å². The highest BCUT2D eigenvalue weighted by Gasteiger charge is 2.11. The van der Waals surface area contributed by atoms with Gasteiger partial charge in [-0.25, -0.2) is 0 Å². The lowest BCUT2D eigenvalue weighted by Gasteiger charge is -2.10. The summed E-state index contributed by atoms with van der Waals surface area (Å²) in [6.07, 6.45) is 1.46. The van der Waals surface area contributed by atoms with Crippen molar-refractivity contribution >= 4 is 23.4 Å². The molecule has 0 saturated heterocycles. The zero-order valence-corrected chi connectivity index (χ0v) is 15.8. The molecule has 7 heteroatoms. The van der Waals surface area contributed by atoms with Crippen LogP contribution in [0.15, 0.2) is 84.4 Å². The molecule has 0 aromatic heterocycles. The third-order valence-electron chi connectivity index (χ3n) is 4.16. The fourth-order valence-corrected chi connectivity index (χ4v) is 2.63. The second-order valence-electron chi connectivity index (χ2n) is 6.24. The van der Waals surface area contributed by atoms with Gasteiger partial charge in [-0.3, -0.25) is 14.9 Å². The Balaban J connectivity index is 1.75. The van der Waals surface area contributed by atoms with Crippen LogP contribution in [0.1, 0.15) is 11.1 Å². The molecule has 0 saturated carbocycles. The van der Waals surface area contributed by atoms with Crippen molar-refractivity contribution in [1.82, 2.24) is 0 Å². The molecule has 0 atom stereocenters. The normalized spacial score (nSPS) is 10.7. The average Bonchev–Trinajstić information content (AvgIpc) is 2.77. The van der Waals surface area contributed by atoms with Crippen LogP contribution in [-0.2, 0) is 11.4 Å². The van der Waals surface area contributed by atoms with Gasteiger partial charge in [-0.15, -0.1) is 0 Å². The molecule has 0 fully saturated rings. The fourth-order valence-electron chi connectivity index (χ4n) is 2.63. The molecule has 0 bridgehead atoms. The maximum absolute atomic E-state index is 12.4. The molecule has 0 aliphatic rings. The number of ether oxygens (including phenoxy) is 1. The van der Waals surface area contributed by atoms with Crippen molar-refractivity contribution in [2.45, 2.75) is 6.61 Å². The first-order chi connectivity index (χ1) is 14.6. The number of amides is 1. The molecular weight excluding hydrogens is 382 g/mol. The molecule has 3 rings (SSSR count). The Bertz CT molecular complexity index is 1120. The van der Waals surface area contributed by atoms with E-state index >= 15 is 0 Å². The van der Waals surface area contributed by atoms with Crippen molar-refractivity contribution in [2.24, 2.45) is 0 Å². The summed E-state index contributed by atoms with van der Waals surface area (Å²) in [7, 11) is 0. The number of carbonyl (C=O) groups is 1. The molecule has 0 aliphatic carbocycles. The minimum atomic E-state index is -0.520. The standard InChI is InChI=1S/C23H17N3O4/c24-15-19(23(27)25-20-7-2-1-3-8-20)14-18-6-4-5-9-22(18)30-16-17-10-12-21(13-11-17)26(28)29/h1-14H,16H2,(H,25,27)/b19-14+. The molecule has 1 amide bonds. The van der Waals surface area contributed by atoms with E-state index in [9.17, 15) is 20.2 Å². The van der Waals surface area contributed by atoms with Gasteiger partial charge in [0.1, 0.15) is 24.0 Å². The first-order valence-electron chi connectivity index (χ1n) is 9.00. The van der Waals surface area contributed by atoms with Gasteiger partial charge in [0, 0.05) is 23.4 Å². The maximum atomic E-state index is 12.4. The van der Waals surface area contributed by atoms with E-state index in [-0.39, 0.29) is 17.9 Å². The highest BCUT2D eigenvalue weighted by atomic mass is 16.6. The fraction of sp³-hybridized carbons (Fsp3) is 0.0435. The zero-order valence-electron chi connectivity index (χ0n) is 15.8. The third-order valence-corrected chi connectivity index (χ3v) is 4.16. The largest absolute Gasteiger partial charge is 0.488 e. The van der Waals surface area contributed by atoms with Gasteiger partial charge < -0.3 is 10.1 Å². The zero-order chi connectivity index (χ0) is 21.3. The van der Waals surface area contributed by atoms with E-state index in [1.165, 1.54) is 18.2 Å². The van der Waals surface area contributed by atoms with E-state index in [1.807, 2.05) is 12.1 Å². The number of nitro groups is 1. The number of nitro benzene ring substituents is 1. The van der Waals surface area contributed by atoms with Gasteiger partial charge in [0.25, 0.3) is 11.6 Å². The minimum Gasteiger partial charge on any atom is -0.488 e. The summed E-state index contributed by atoms with van der Waals surface area (Å²) in [6.45, 7) is 0.181. The smallest absolute Gasteiger partial charge is 0.269 e. The number of non-ortho nitro benzene ring substituents is 1. The number of hydrogen-bond donors (Lipinski definition) is 1. The number of rotatable bonds is 7. The second kappa shape index (κ2) is 9.66. The molecule has 7 nitrogen and oxygen atoms in total. The Labute approximate surface area is 173 Å². The van der Waals surface area contributed by atoms with Gasteiger partial charge in [-0.05, 0) is 42.0 Å². The monoisotopic (exact) mass is 399 g/mol. The molecule has 0 radical (unpaired) electrons. The predicted molar refractivity (Wildman–Crippen MR) is 113 cm³/mol. The summed E-state index contributed by atoms with van der Waals surface area (Å²) < 4.78 is 5.81. The average molecular weight is 399 g/mol. The Kier molecular flexibility index (Phi) is 6.54. The maximum Gasteiger partial charge on any atom is 0.269 e. The number of anilines is 1. The number of nitriles is 1. The first-order valence-corrected chi connectivity index (χ1v) is 9.00. The molecular formula is C23H17N3O4. The van der Waals surface area contributed by atoms with Crippen LogP contribution in [0.25, 0.3) is 6.08 Å². The highest BCUT2D eigenvalue weighted by molar-refractivity contribution is 6.09. The van der Waals surface area contributed by atoms with Crippen molar-refractivity contribution in [3.63, 3.8) is 0 Å². The molecule has 3 aromatic carbocycles. The van der Waals surface area contributed by atoms with Crippen molar-refractivity contribution in [3.05, 3.63) is 106 Å². The number of para-hydroxylation sites is 2. The molecule has 0 spiro atoms. The molecule has 0 heterocycles. The topological polar surface area (TPSA) is 105 Å². The first kappa shape index (κ1) is 20.3. The number of carbonyl (C=O) groups excluding carboxylic acids is 1. The lowest BCUT2D eigenvalue weighted by atomic mass is 10.1. The molecule has 0 aliphatic heterocycles. The molecule has 0 unspecified atom stereocenters. The lowest BCUT2D eigenvalue weighted by molar-refractivity contribution is -0.384. The molecule has 148 valence electrons. The van der Waals surface area contributed by atoms with Crippen molar-refractivity contribution in [1.29, 1.82) is 5.26 Å². The van der Waals surface area contributed by atoms with E-state index in [2.05, 4.69) is 5.32 Å². The number of nitrogens with zero attached hydrogens (tertiary/aromatic N) is 2. The van der Waals surface area contributed by atoms with Gasteiger partial charge in [-0.2, -0.15) is 5.26 Å². The summed E-state index contributed by atoms with van der Waals surface area (Å²) in [6, 6.07) is 23.8. The van der Waals surface area contributed by atoms with E-state index in [1.54, 1.807) is 60.7 Å². The van der Waals surface area contributed by atoms with Crippen LogP contribution in [0.4, 0.5) is 11.4 Å². The number of hydrogen-bond acceptors (Lipinski definition) is 5. The van der Waals surface area contributed by atoms with E-state index in [0.29, 0.717) is 17.0 Å². The quantitative estimate of drug-likeness (QED) is 0.268. The van der Waals surface area contributed by atoms with Crippen LogP contribution in [0.2, 0.25) is 0 Å². The Hall–Kier alpha value is -4.44. The van der Waals surface area contributed by atoms with Gasteiger partial charge in [0.2, 0.25) is 0 Å². The van der Waals surface area contributed by atoms with Crippen LogP contribution >= 0.6 is 0 Å². The van der Waals surface area contributed by atoms with Crippen LogP contribution < -0.4 is 10.1 Å². The predicted octanol–water partition coefficient (Wildman–Crippen LogP) is 4.72. The lowest BCUT2D eigenvalue weighted by Crippen LogP contribution is -2.13. The van der Waals surface area contributed by atoms with Crippen molar-refractivity contribution in [2.75, 3.05) is 5.32 Å². The molecule has 3 aromatic rings.